The first-order valence-corrected chi connectivity index (χ1v) is 12.3. The number of benzene rings is 2. The predicted molar refractivity (Wildman–Crippen MR) is 144 cm³/mol. The van der Waals surface area contributed by atoms with Gasteiger partial charge in [0.05, 0.1) is 28.0 Å². The molecule has 0 radical (unpaired) electrons. The first kappa shape index (κ1) is 22.8. The van der Waals surface area contributed by atoms with Gasteiger partial charge in [-0.25, -0.2) is 4.98 Å². The van der Waals surface area contributed by atoms with Crippen molar-refractivity contribution in [2.24, 2.45) is 7.05 Å². The van der Waals surface area contributed by atoms with E-state index >= 15 is 0 Å². The van der Waals surface area contributed by atoms with Crippen molar-refractivity contribution in [2.45, 2.75) is 26.8 Å². The molecule has 35 heavy (non-hydrogen) atoms. The van der Waals surface area contributed by atoms with Gasteiger partial charge in [-0.2, -0.15) is 5.10 Å². The van der Waals surface area contributed by atoms with E-state index in [9.17, 15) is 4.79 Å². The molecule has 5 rings (SSSR count). The number of pyridine rings is 1. The van der Waals surface area contributed by atoms with Crippen LogP contribution >= 0.6 is 11.3 Å². The molecule has 1 N–H and O–H groups in total. The lowest BCUT2D eigenvalue weighted by atomic mass is 9.98. The second kappa shape index (κ2) is 9.00. The van der Waals surface area contributed by atoms with Crippen LogP contribution in [0.15, 0.2) is 71.1 Å². The number of hydrogen-bond donors (Lipinski definition) is 1. The minimum absolute atomic E-state index is 0.0552. The van der Waals surface area contributed by atoms with Gasteiger partial charge in [0, 0.05) is 40.4 Å². The maximum Gasteiger partial charge on any atom is 0.263 e. The number of aryl methyl sites for hydroxylation is 2. The molecule has 0 amide bonds. The van der Waals surface area contributed by atoms with Crippen molar-refractivity contribution in [2.75, 3.05) is 0 Å². The lowest BCUT2D eigenvalue weighted by Gasteiger charge is -2.22. The fourth-order valence-corrected chi connectivity index (χ4v) is 5.28. The number of fused-ring (bicyclic) bond motifs is 1. The monoisotopic (exact) mass is 481 g/mol. The van der Waals surface area contributed by atoms with Gasteiger partial charge in [-0.3, -0.25) is 14.0 Å². The van der Waals surface area contributed by atoms with Crippen molar-refractivity contribution in [3.05, 3.63) is 97.9 Å². The Labute approximate surface area is 207 Å². The molecule has 0 aliphatic rings. The molecular weight excluding hydrogens is 454 g/mol. The predicted octanol–water partition coefficient (Wildman–Crippen LogP) is 4.05. The molecule has 6 nitrogen and oxygen atoms in total. The van der Waals surface area contributed by atoms with Crippen molar-refractivity contribution in [3.63, 3.8) is 0 Å². The lowest BCUT2D eigenvalue weighted by Crippen LogP contribution is -2.32. The van der Waals surface area contributed by atoms with E-state index in [2.05, 4.69) is 35.0 Å². The Bertz CT molecular complexity index is 1710. The van der Waals surface area contributed by atoms with E-state index in [0.717, 1.165) is 49.2 Å². The number of aromatic nitrogens is 4. The Morgan fingerprint density at radius 2 is 1.89 bits per heavy atom. The van der Waals surface area contributed by atoms with Crippen molar-refractivity contribution < 1.29 is 0 Å². The maximum atomic E-state index is 14.2. The standard InChI is InChI=1S/C28H27N5OS/c1-17-24(15-32(5)31-17)23-13-9-10-21-14-25(18(2)30-19(3)27-20(4)35-16-29-27)33(28(34)26(21)23)22-11-7-6-8-12-22/h6-16,18,30H,4H2,1-3,5H3/b27-19-/t18-/m0/s1. The third-order valence-corrected chi connectivity index (χ3v) is 6.95. The molecule has 0 aliphatic carbocycles. The zero-order chi connectivity index (χ0) is 24.7. The minimum Gasteiger partial charge on any atom is -0.379 e. The highest BCUT2D eigenvalue weighted by molar-refractivity contribution is 7.07. The smallest absolute Gasteiger partial charge is 0.263 e. The maximum absolute atomic E-state index is 14.2. The second-order valence-corrected chi connectivity index (χ2v) is 9.67. The Balaban J connectivity index is 1.77. The topological polar surface area (TPSA) is 64.7 Å². The summed E-state index contributed by atoms with van der Waals surface area (Å²) in [6.07, 6.45) is 1.97. The third-order valence-electron chi connectivity index (χ3n) is 6.27. The van der Waals surface area contributed by atoms with Gasteiger partial charge in [0.25, 0.3) is 5.56 Å². The molecule has 0 spiro atoms. The lowest BCUT2D eigenvalue weighted by molar-refractivity contribution is 0.645. The van der Waals surface area contributed by atoms with Crippen LogP contribution < -0.4 is 20.8 Å². The SMILES string of the molecule is C=c1scn/c1=C(/C)N[C@@H](C)c1cc2cccc(-c3cn(C)nc3C)c2c(=O)n1-c1ccccc1. The van der Waals surface area contributed by atoms with Crippen LogP contribution in [-0.2, 0) is 7.05 Å². The summed E-state index contributed by atoms with van der Waals surface area (Å²) in [7, 11) is 1.90. The van der Waals surface area contributed by atoms with Crippen molar-refractivity contribution in [3.8, 4) is 16.8 Å². The molecule has 0 unspecified atom stereocenters. The van der Waals surface area contributed by atoms with E-state index in [-0.39, 0.29) is 11.6 Å². The average Bonchev–Trinajstić information content (AvgIpc) is 3.43. The summed E-state index contributed by atoms with van der Waals surface area (Å²) in [6.45, 7) is 10.1. The van der Waals surface area contributed by atoms with Gasteiger partial charge in [0.2, 0.25) is 0 Å². The molecule has 2 aromatic carbocycles. The van der Waals surface area contributed by atoms with Crippen LogP contribution in [0.1, 0.15) is 31.3 Å². The van der Waals surface area contributed by atoms with Crippen LogP contribution in [0.5, 0.6) is 0 Å². The Morgan fingerprint density at radius 1 is 1.11 bits per heavy atom. The Kier molecular flexibility index (Phi) is 5.86. The molecule has 176 valence electrons. The number of rotatable bonds is 5. The van der Waals surface area contributed by atoms with Crippen LogP contribution in [-0.4, -0.2) is 19.3 Å². The summed E-state index contributed by atoms with van der Waals surface area (Å²) < 4.78 is 4.51. The molecule has 1 atom stereocenters. The molecule has 3 aromatic heterocycles. The van der Waals surface area contributed by atoms with Gasteiger partial charge < -0.3 is 5.32 Å². The second-order valence-electron chi connectivity index (χ2n) is 8.73. The zero-order valence-electron chi connectivity index (χ0n) is 20.2. The fraction of sp³-hybridized carbons (Fsp3) is 0.179. The summed E-state index contributed by atoms with van der Waals surface area (Å²) >= 11 is 1.52. The van der Waals surface area contributed by atoms with Gasteiger partial charge >= 0.3 is 0 Å². The molecule has 5 aromatic rings. The van der Waals surface area contributed by atoms with Crippen LogP contribution in [0, 0.1) is 6.92 Å². The number of nitrogens with zero attached hydrogens (tertiary/aromatic N) is 4. The minimum atomic E-state index is -0.155. The van der Waals surface area contributed by atoms with Gasteiger partial charge in [-0.05, 0) is 49.9 Å². The average molecular weight is 482 g/mol. The summed E-state index contributed by atoms with van der Waals surface area (Å²) in [5, 5.41) is 10.5. The van der Waals surface area contributed by atoms with Crippen LogP contribution in [0.2, 0.25) is 0 Å². The molecule has 0 bridgehead atoms. The van der Waals surface area contributed by atoms with E-state index in [0.29, 0.717) is 5.39 Å². The highest BCUT2D eigenvalue weighted by atomic mass is 32.1. The first-order valence-electron chi connectivity index (χ1n) is 11.5. The molecule has 0 aliphatic heterocycles. The molecule has 3 heterocycles. The summed E-state index contributed by atoms with van der Waals surface area (Å²) in [5.41, 5.74) is 7.11. The number of thiazole rings is 1. The Morgan fingerprint density at radius 3 is 2.54 bits per heavy atom. The normalized spacial score (nSPS) is 13.1. The summed E-state index contributed by atoms with van der Waals surface area (Å²) in [5.74, 6) is 0. The number of para-hydroxylation sites is 1. The van der Waals surface area contributed by atoms with Crippen molar-refractivity contribution >= 4 is 34.4 Å². The van der Waals surface area contributed by atoms with Crippen molar-refractivity contribution in [1.29, 1.82) is 0 Å². The van der Waals surface area contributed by atoms with Gasteiger partial charge in [0.1, 0.15) is 0 Å². The highest BCUT2D eigenvalue weighted by Crippen LogP contribution is 2.30. The summed E-state index contributed by atoms with van der Waals surface area (Å²) in [6, 6.07) is 17.7. The van der Waals surface area contributed by atoms with E-state index in [1.807, 2.05) is 80.2 Å². The zero-order valence-corrected chi connectivity index (χ0v) is 21.1. The molecule has 0 fully saturated rings. The van der Waals surface area contributed by atoms with Crippen LogP contribution in [0.3, 0.4) is 0 Å². The van der Waals surface area contributed by atoms with Gasteiger partial charge in [0.15, 0.2) is 0 Å². The number of nitrogens with one attached hydrogen (secondary N) is 1. The molecule has 0 saturated heterocycles. The van der Waals surface area contributed by atoms with E-state index in [4.69, 9.17) is 0 Å². The largest absolute Gasteiger partial charge is 0.379 e. The van der Waals surface area contributed by atoms with E-state index < -0.39 is 0 Å². The Hall–Kier alpha value is -3.97. The van der Waals surface area contributed by atoms with E-state index in [1.54, 1.807) is 10.2 Å². The highest BCUT2D eigenvalue weighted by Gasteiger charge is 2.20. The molecule has 7 heteroatoms. The van der Waals surface area contributed by atoms with Crippen LogP contribution in [0.25, 0.3) is 39.9 Å². The van der Waals surface area contributed by atoms with Gasteiger partial charge in [-0.1, -0.05) is 43.0 Å². The molecule has 0 saturated carbocycles. The number of hydrogen-bond acceptors (Lipinski definition) is 5. The summed E-state index contributed by atoms with van der Waals surface area (Å²) in [4.78, 5) is 18.7. The molecular formula is C28H27N5OS. The first-order chi connectivity index (χ1) is 16.8. The van der Waals surface area contributed by atoms with Crippen molar-refractivity contribution in [1.82, 2.24) is 24.6 Å². The van der Waals surface area contributed by atoms with E-state index in [1.165, 1.54) is 11.3 Å². The quantitative estimate of drug-likeness (QED) is 0.411. The fourth-order valence-electron chi connectivity index (χ4n) is 4.68. The third kappa shape index (κ3) is 4.08. The van der Waals surface area contributed by atoms with Crippen LogP contribution in [0.4, 0.5) is 0 Å². The van der Waals surface area contributed by atoms with Gasteiger partial charge in [-0.15, -0.1) is 11.3 Å².